The smallest absolute Gasteiger partial charge is 0.238 e. The Bertz CT molecular complexity index is 710. The monoisotopic (exact) mass is 339 g/mol. The number of rotatable bonds is 5. The molecule has 0 aromatic heterocycles. The van der Waals surface area contributed by atoms with Crippen molar-refractivity contribution >= 4 is 17.3 Å². The number of carbonyl (C=O) groups is 1. The number of piperazine rings is 1. The second-order valence-electron chi connectivity index (χ2n) is 6.35. The average molecular weight is 339 g/mol. The summed E-state index contributed by atoms with van der Waals surface area (Å²) in [6.07, 6.45) is 0. The van der Waals surface area contributed by atoms with Gasteiger partial charge in [0, 0.05) is 31.9 Å². The van der Waals surface area contributed by atoms with Gasteiger partial charge in [0.2, 0.25) is 5.91 Å². The van der Waals surface area contributed by atoms with Crippen LogP contribution in [0.25, 0.3) is 0 Å². The molecule has 1 fully saturated rings. The van der Waals surface area contributed by atoms with Crippen molar-refractivity contribution < 1.29 is 9.53 Å². The lowest BCUT2D eigenvalue weighted by Gasteiger charge is -2.35. The van der Waals surface area contributed by atoms with Gasteiger partial charge in [0.1, 0.15) is 5.75 Å². The largest absolute Gasteiger partial charge is 0.495 e. The van der Waals surface area contributed by atoms with E-state index in [9.17, 15) is 4.79 Å². The molecule has 0 spiro atoms. The van der Waals surface area contributed by atoms with Crippen LogP contribution in [0, 0.1) is 6.92 Å². The SMILES string of the molecule is COc1ccc(C)cc1NC(=O)CN1CCN(c2ccccc2)CC1. The summed E-state index contributed by atoms with van der Waals surface area (Å²) in [7, 11) is 1.61. The van der Waals surface area contributed by atoms with Crippen molar-refractivity contribution in [2.24, 2.45) is 0 Å². The summed E-state index contributed by atoms with van der Waals surface area (Å²) in [5.74, 6) is 0.685. The third kappa shape index (κ3) is 4.51. The van der Waals surface area contributed by atoms with Crippen LogP contribution < -0.4 is 15.0 Å². The van der Waals surface area contributed by atoms with Crippen LogP contribution in [-0.4, -0.2) is 50.6 Å². The fourth-order valence-corrected chi connectivity index (χ4v) is 3.12. The maximum Gasteiger partial charge on any atom is 0.238 e. The Morgan fingerprint density at radius 3 is 2.48 bits per heavy atom. The molecule has 0 saturated carbocycles. The van der Waals surface area contributed by atoms with Gasteiger partial charge in [-0.3, -0.25) is 9.69 Å². The number of amides is 1. The Morgan fingerprint density at radius 2 is 1.80 bits per heavy atom. The number of hydrogen-bond donors (Lipinski definition) is 1. The van der Waals surface area contributed by atoms with Gasteiger partial charge in [0.15, 0.2) is 0 Å². The van der Waals surface area contributed by atoms with Gasteiger partial charge in [-0.2, -0.15) is 0 Å². The molecular formula is C20H25N3O2. The number of ether oxygens (including phenoxy) is 1. The summed E-state index contributed by atoms with van der Waals surface area (Å²) >= 11 is 0. The molecule has 1 heterocycles. The Kier molecular flexibility index (Phi) is 5.56. The second kappa shape index (κ2) is 8.03. The zero-order valence-corrected chi connectivity index (χ0v) is 14.9. The number of hydrogen-bond acceptors (Lipinski definition) is 4. The number of methoxy groups -OCH3 is 1. The Morgan fingerprint density at radius 1 is 1.08 bits per heavy atom. The van der Waals surface area contributed by atoms with Crippen LogP contribution in [0.4, 0.5) is 11.4 Å². The lowest BCUT2D eigenvalue weighted by atomic mass is 10.2. The predicted molar refractivity (Wildman–Crippen MR) is 101 cm³/mol. The highest BCUT2D eigenvalue weighted by molar-refractivity contribution is 5.93. The molecule has 0 atom stereocenters. The quantitative estimate of drug-likeness (QED) is 0.910. The molecule has 2 aromatic carbocycles. The summed E-state index contributed by atoms with van der Waals surface area (Å²) in [6.45, 7) is 6.04. The second-order valence-corrected chi connectivity index (χ2v) is 6.35. The fraction of sp³-hybridized carbons (Fsp3) is 0.350. The number of anilines is 2. The van der Waals surface area contributed by atoms with Gasteiger partial charge >= 0.3 is 0 Å². The Labute approximate surface area is 149 Å². The topological polar surface area (TPSA) is 44.8 Å². The first-order chi connectivity index (χ1) is 12.2. The highest BCUT2D eigenvalue weighted by atomic mass is 16.5. The molecule has 1 N–H and O–H groups in total. The zero-order valence-electron chi connectivity index (χ0n) is 14.9. The number of para-hydroxylation sites is 1. The van der Waals surface area contributed by atoms with E-state index in [4.69, 9.17) is 4.74 Å². The molecular weight excluding hydrogens is 314 g/mol. The van der Waals surface area contributed by atoms with Crippen molar-refractivity contribution in [1.82, 2.24) is 4.90 Å². The maximum absolute atomic E-state index is 12.4. The van der Waals surface area contributed by atoms with Gasteiger partial charge in [-0.25, -0.2) is 0 Å². The molecule has 1 aliphatic rings. The molecule has 3 rings (SSSR count). The van der Waals surface area contributed by atoms with Gasteiger partial charge in [-0.1, -0.05) is 24.3 Å². The highest BCUT2D eigenvalue weighted by Crippen LogP contribution is 2.25. The van der Waals surface area contributed by atoms with Crippen LogP contribution in [0.15, 0.2) is 48.5 Å². The van der Waals surface area contributed by atoms with Crippen LogP contribution in [0.5, 0.6) is 5.75 Å². The van der Waals surface area contributed by atoms with Gasteiger partial charge in [0.05, 0.1) is 19.3 Å². The van der Waals surface area contributed by atoms with Gasteiger partial charge in [-0.15, -0.1) is 0 Å². The van der Waals surface area contributed by atoms with Gasteiger partial charge < -0.3 is 15.0 Å². The van der Waals surface area contributed by atoms with Crippen molar-refractivity contribution in [1.29, 1.82) is 0 Å². The first-order valence-electron chi connectivity index (χ1n) is 8.62. The minimum absolute atomic E-state index is 0.00272. The number of carbonyl (C=O) groups excluding carboxylic acids is 1. The minimum Gasteiger partial charge on any atom is -0.495 e. The van der Waals surface area contributed by atoms with E-state index in [1.165, 1.54) is 5.69 Å². The lowest BCUT2D eigenvalue weighted by Crippen LogP contribution is -2.48. The highest BCUT2D eigenvalue weighted by Gasteiger charge is 2.19. The standard InChI is InChI=1S/C20H25N3O2/c1-16-8-9-19(25-2)18(14-16)21-20(24)15-22-10-12-23(13-11-22)17-6-4-3-5-7-17/h3-9,14H,10-13,15H2,1-2H3,(H,21,24). The van der Waals surface area contributed by atoms with E-state index in [0.717, 1.165) is 37.4 Å². The van der Waals surface area contributed by atoms with Crippen LogP contribution in [-0.2, 0) is 4.79 Å². The molecule has 5 nitrogen and oxygen atoms in total. The zero-order chi connectivity index (χ0) is 17.6. The van der Waals surface area contributed by atoms with Crippen LogP contribution in [0.1, 0.15) is 5.56 Å². The van der Waals surface area contributed by atoms with Crippen molar-refractivity contribution in [3.05, 3.63) is 54.1 Å². The summed E-state index contributed by atoms with van der Waals surface area (Å²) in [4.78, 5) is 16.9. The van der Waals surface area contributed by atoms with Gasteiger partial charge in [0.25, 0.3) is 0 Å². The van der Waals surface area contributed by atoms with Crippen LogP contribution >= 0.6 is 0 Å². The molecule has 0 bridgehead atoms. The van der Waals surface area contributed by atoms with E-state index in [2.05, 4.69) is 39.4 Å². The molecule has 2 aromatic rings. The summed E-state index contributed by atoms with van der Waals surface area (Å²) in [6, 6.07) is 16.2. The number of nitrogens with one attached hydrogen (secondary N) is 1. The molecule has 1 amide bonds. The van der Waals surface area contributed by atoms with E-state index in [-0.39, 0.29) is 5.91 Å². The Hall–Kier alpha value is -2.53. The Balaban J connectivity index is 1.52. The minimum atomic E-state index is -0.00272. The molecule has 0 aliphatic carbocycles. The van der Waals surface area contributed by atoms with Gasteiger partial charge in [-0.05, 0) is 36.8 Å². The molecule has 132 valence electrons. The maximum atomic E-state index is 12.4. The normalized spacial score (nSPS) is 15.0. The first-order valence-corrected chi connectivity index (χ1v) is 8.62. The predicted octanol–water partition coefficient (Wildman–Crippen LogP) is 2.76. The molecule has 1 aliphatic heterocycles. The molecule has 1 saturated heterocycles. The molecule has 25 heavy (non-hydrogen) atoms. The van der Waals surface area contributed by atoms with E-state index in [1.54, 1.807) is 7.11 Å². The third-order valence-electron chi connectivity index (χ3n) is 4.49. The summed E-state index contributed by atoms with van der Waals surface area (Å²) in [5, 5.41) is 2.97. The first kappa shape index (κ1) is 17.3. The summed E-state index contributed by atoms with van der Waals surface area (Å²) < 4.78 is 5.32. The van der Waals surface area contributed by atoms with E-state index < -0.39 is 0 Å². The average Bonchev–Trinajstić information content (AvgIpc) is 2.63. The lowest BCUT2D eigenvalue weighted by molar-refractivity contribution is -0.117. The number of aryl methyl sites for hydroxylation is 1. The molecule has 5 heteroatoms. The van der Waals surface area contributed by atoms with Crippen LogP contribution in [0.3, 0.4) is 0 Å². The van der Waals surface area contributed by atoms with E-state index in [1.807, 2.05) is 31.2 Å². The number of nitrogens with zero attached hydrogens (tertiary/aromatic N) is 2. The summed E-state index contributed by atoms with van der Waals surface area (Å²) in [5.41, 5.74) is 3.07. The van der Waals surface area contributed by atoms with Crippen molar-refractivity contribution in [2.45, 2.75) is 6.92 Å². The van der Waals surface area contributed by atoms with E-state index >= 15 is 0 Å². The number of benzene rings is 2. The van der Waals surface area contributed by atoms with Crippen molar-refractivity contribution in [2.75, 3.05) is 50.1 Å². The van der Waals surface area contributed by atoms with Crippen molar-refractivity contribution in [3.8, 4) is 5.75 Å². The molecule has 0 radical (unpaired) electrons. The molecule has 0 unspecified atom stereocenters. The van der Waals surface area contributed by atoms with Crippen LogP contribution in [0.2, 0.25) is 0 Å². The third-order valence-corrected chi connectivity index (χ3v) is 4.49. The van der Waals surface area contributed by atoms with E-state index in [0.29, 0.717) is 12.3 Å². The van der Waals surface area contributed by atoms with Crippen molar-refractivity contribution in [3.63, 3.8) is 0 Å². The fourth-order valence-electron chi connectivity index (χ4n) is 3.12.